The molecule has 154 valence electrons. The molecule has 0 aliphatic heterocycles. The Hall–Kier alpha value is -3.19. The summed E-state index contributed by atoms with van der Waals surface area (Å²) in [6.07, 6.45) is 1.62. The molecule has 1 aromatic heterocycles. The molecular weight excluding hydrogens is 401 g/mol. The van der Waals surface area contributed by atoms with E-state index in [1.165, 1.54) is 28.8 Å². The third-order valence-corrected chi connectivity index (χ3v) is 5.43. The van der Waals surface area contributed by atoms with Crippen LogP contribution in [0.1, 0.15) is 21.5 Å². The summed E-state index contributed by atoms with van der Waals surface area (Å²) in [5.41, 5.74) is 3.14. The first-order valence-corrected chi connectivity index (χ1v) is 10.3. The molecule has 0 bridgehead atoms. The zero-order valence-corrected chi connectivity index (χ0v) is 17.6. The number of aryl methyl sites for hydroxylation is 1. The Morgan fingerprint density at radius 1 is 1.07 bits per heavy atom. The standard InChI is InChI=1S/C23H22FN3O2S/c1-16-5-11-19(12-6-16)26-21(28)14-27(2)23(29)20-4-3-13-25-22(20)30-15-17-7-9-18(24)10-8-17/h3-13H,14-15H2,1-2H3,(H,26,28). The fourth-order valence-corrected chi connectivity index (χ4v) is 3.67. The average Bonchev–Trinajstić information content (AvgIpc) is 2.74. The Bertz CT molecular complexity index is 1020. The van der Waals surface area contributed by atoms with Crippen LogP contribution in [0.15, 0.2) is 71.9 Å². The minimum Gasteiger partial charge on any atom is -0.332 e. The summed E-state index contributed by atoms with van der Waals surface area (Å²) in [4.78, 5) is 30.9. The van der Waals surface area contributed by atoms with E-state index in [2.05, 4.69) is 10.3 Å². The lowest BCUT2D eigenvalue weighted by atomic mass is 10.2. The maximum atomic E-state index is 13.1. The lowest BCUT2D eigenvalue weighted by Crippen LogP contribution is -2.35. The van der Waals surface area contributed by atoms with Gasteiger partial charge in [0, 0.05) is 24.7 Å². The van der Waals surface area contributed by atoms with E-state index in [4.69, 9.17) is 0 Å². The van der Waals surface area contributed by atoms with Gasteiger partial charge in [-0.2, -0.15) is 0 Å². The van der Waals surface area contributed by atoms with Gasteiger partial charge in [0.2, 0.25) is 5.91 Å². The third kappa shape index (κ3) is 5.90. The van der Waals surface area contributed by atoms with Crippen molar-refractivity contribution in [2.45, 2.75) is 17.7 Å². The summed E-state index contributed by atoms with van der Waals surface area (Å²) in [5.74, 6) is -0.305. The minimum atomic E-state index is -0.289. The second kappa shape index (κ2) is 10.0. The number of hydrogen-bond donors (Lipinski definition) is 1. The molecule has 1 heterocycles. The molecule has 3 aromatic rings. The molecule has 1 N–H and O–H groups in total. The zero-order chi connectivity index (χ0) is 21.5. The van der Waals surface area contributed by atoms with Crippen molar-refractivity contribution >= 4 is 29.3 Å². The van der Waals surface area contributed by atoms with E-state index in [9.17, 15) is 14.0 Å². The molecule has 0 unspecified atom stereocenters. The fourth-order valence-electron chi connectivity index (χ4n) is 2.73. The van der Waals surface area contributed by atoms with Crippen molar-refractivity contribution in [2.75, 3.05) is 18.9 Å². The molecule has 0 atom stereocenters. The van der Waals surface area contributed by atoms with Crippen LogP contribution in [-0.2, 0) is 10.5 Å². The average molecular weight is 424 g/mol. The predicted octanol–water partition coefficient (Wildman–Crippen LogP) is 4.53. The fraction of sp³-hybridized carbons (Fsp3) is 0.174. The molecule has 30 heavy (non-hydrogen) atoms. The molecular formula is C23H22FN3O2S. The van der Waals surface area contributed by atoms with Gasteiger partial charge in [0.05, 0.1) is 12.1 Å². The smallest absolute Gasteiger partial charge is 0.256 e. The molecule has 0 saturated heterocycles. The van der Waals surface area contributed by atoms with Crippen LogP contribution in [0.5, 0.6) is 0 Å². The van der Waals surface area contributed by atoms with Gasteiger partial charge in [0.15, 0.2) is 0 Å². The van der Waals surface area contributed by atoms with Gasteiger partial charge in [0.25, 0.3) is 5.91 Å². The van der Waals surface area contributed by atoms with Crippen LogP contribution in [0.4, 0.5) is 10.1 Å². The number of amides is 2. The topological polar surface area (TPSA) is 62.3 Å². The number of likely N-dealkylation sites (N-methyl/N-ethyl adjacent to an activating group) is 1. The zero-order valence-electron chi connectivity index (χ0n) is 16.8. The molecule has 0 aliphatic rings. The first-order valence-electron chi connectivity index (χ1n) is 9.36. The second-order valence-corrected chi connectivity index (χ2v) is 7.81. The molecule has 7 heteroatoms. The highest BCUT2D eigenvalue weighted by atomic mass is 32.2. The number of carbonyl (C=O) groups is 2. The van der Waals surface area contributed by atoms with E-state index in [0.29, 0.717) is 22.0 Å². The molecule has 5 nitrogen and oxygen atoms in total. The van der Waals surface area contributed by atoms with Gasteiger partial charge in [-0.05, 0) is 48.9 Å². The third-order valence-electron chi connectivity index (χ3n) is 4.35. The van der Waals surface area contributed by atoms with Crippen molar-refractivity contribution in [1.29, 1.82) is 0 Å². The summed E-state index contributed by atoms with van der Waals surface area (Å²) in [6, 6.07) is 17.0. The summed E-state index contributed by atoms with van der Waals surface area (Å²) in [7, 11) is 1.58. The first-order chi connectivity index (χ1) is 14.4. The molecule has 2 amide bonds. The van der Waals surface area contributed by atoms with Gasteiger partial charge in [-0.3, -0.25) is 9.59 Å². The number of hydrogen-bond acceptors (Lipinski definition) is 4. The van der Waals surface area contributed by atoms with Crippen LogP contribution in [0, 0.1) is 12.7 Å². The Balaban J connectivity index is 1.63. The number of halogens is 1. The van der Waals surface area contributed by atoms with Crippen LogP contribution >= 0.6 is 11.8 Å². The normalized spacial score (nSPS) is 10.5. The SMILES string of the molecule is Cc1ccc(NC(=O)CN(C)C(=O)c2cccnc2SCc2ccc(F)cc2)cc1. The number of aromatic nitrogens is 1. The van der Waals surface area contributed by atoms with E-state index in [1.807, 2.05) is 31.2 Å². The van der Waals surface area contributed by atoms with Crippen molar-refractivity contribution in [3.63, 3.8) is 0 Å². The summed E-state index contributed by atoms with van der Waals surface area (Å²) >= 11 is 1.39. The number of benzene rings is 2. The molecule has 0 radical (unpaired) electrons. The Morgan fingerprint density at radius 2 is 1.77 bits per heavy atom. The monoisotopic (exact) mass is 423 g/mol. The number of carbonyl (C=O) groups excluding carboxylic acids is 2. The summed E-state index contributed by atoms with van der Waals surface area (Å²) in [6.45, 7) is 1.89. The van der Waals surface area contributed by atoms with Gasteiger partial charge < -0.3 is 10.2 Å². The van der Waals surface area contributed by atoms with Crippen LogP contribution in [0.3, 0.4) is 0 Å². The van der Waals surface area contributed by atoms with Gasteiger partial charge in [0.1, 0.15) is 10.8 Å². The maximum absolute atomic E-state index is 13.1. The van der Waals surface area contributed by atoms with Gasteiger partial charge >= 0.3 is 0 Å². The van der Waals surface area contributed by atoms with Crippen molar-refractivity contribution in [3.8, 4) is 0 Å². The number of thioether (sulfide) groups is 1. The Morgan fingerprint density at radius 3 is 2.47 bits per heavy atom. The van der Waals surface area contributed by atoms with Gasteiger partial charge in [-0.15, -0.1) is 11.8 Å². The number of anilines is 1. The van der Waals surface area contributed by atoms with Crippen molar-refractivity contribution < 1.29 is 14.0 Å². The van der Waals surface area contributed by atoms with Gasteiger partial charge in [-0.25, -0.2) is 9.37 Å². The summed E-state index contributed by atoms with van der Waals surface area (Å²) < 4.78 is 13.1. The number of nitrogens with one attached hydrogen (secondary N) is 1. The molecule has 0 fully saturated rings. The molecule has 0 saturated carbocycles. The largest absolute Gasteiger partial charge is 0.332 e. The lowest BCUT2D eigenvalue weighted by Gasteiger charge is -2.18. The van der Waals surface area contributed by atoms with E-state index in [1.54, 1.807) is 37.5 Å². The van der Waals surface area contributed by atoms with Crippen molar-refractivity contribution in [3.05, 3.63) is 89.4 Å². The number of nitrogens with zero attached hydrogens (tertiary/aromatic N) is 2. The number of rotatable bonds is 7. The molecule has 0 spiro atoms. The Kier molecular flexibility index (Phi) is 7.19. The van der Waals surface area contributed by atoms with Crippen LogP contribution in [0.25, 0.3) is 0 Å². The quantitative estimate of drug-likeness (QED) is 0.567. The predicted molar refractivity (Wildman–Crippen MR) is 117 cm³/mol. The van der Waals surface area contributed by atoms with Crippen LogP contribution < -0.4 is 5.32 Å². The lowest BCUT2D eigenvalue weighted by molar-refractivity contribution is -0.116. The first kappa shape index (κ1) is 21.5. The van der Waals surface area contributed by atoms with E-state index < -0.39 is 0 Å². The van der Waals surface area contributed by atoms with Crippen LogP contribution in [-0.4, -0.2) is 35.3 Å². The highest BCUT2D eigenvalue weighted by Crippen LogP contribution is 2.25. The summed E-state index contributed by atoms with van der Waals surface area (Å²) in [5, 5.41) is 3.36. The van der Waals surface area contributed by atoms with Crippen LogP contribution in [0.2, 0.25) is 0 Å². The van der Waals surface area contributed by atoms with E-state index >= 15 is 0 Å². The highest BCUT2D eigenvalue weighted by molar-refractivity contribution is 7.98. The molecule has 3 rings (SSSR count). The Labute approximate surface area is 179 Å². The highest BCUT2D eigenvalue weighted by Gasteiger charge is 2.19. The van der Waals surface area contributed by atoms with Gasteiger partial charge in [-0.1, -0.05) is 29.8 Å². The maximum Gasteiger partial charge on any atom is 0.256 e. The van der Waals surface area contributed by atoms with E-state index in [0.717, 1.165) is 11.1 Å². The van der Waals surface area contributed by atoms with Crippen molar-refractivity contribution in [2.24, 2.45) is 0 Å². The second-order valence-electron chi connectivity index (χ2n) is 6.85. The van der Waals surface area contributed by atoms with Crippen molar-refractivity contribution in [1.82, 2.24) is 9.88 Å². The minimum absolute atomic E-state index is 0.0797. The van der Waals surface area contributed by atoms with E-state index in [-0.39, 0.29) is 24.2 Å². The molecule has 2 aromatic carbocycles. The molecule has 0 aliphatic carbocycles. The number of pyridine rings is 1.